The van der Waals surface area contributed by atoms with Gasteiger partial charge in [-0.05, 0) is 11.6 Å². The molecule has 1 heterocycles. The molecule has 6 nitrogen and oxygen atoms in total. The van der Waals surface area contributed by atoms with E-state index in [1.165, 1.54) is 0 Å². The van der Waals surface area contributed by atoms with E-state index in [1.807, 2.05) is 29.0 Å². The molecule has 106 valence electrons. The zero-order valence-corrected chi connectivity index (χ0v) is 11.6. The number of benzene rings is 1. The molecule has 0 fully saturated rings. The highest BCUT2D eigenvalue weighted by molar-refractivity contribution is 7.83. The lowest BCUT2D eigenvalue weighted by Gasteiger charge is -2.28. The van der Waals surface area contributed by atoms with Crippen molar-refractivity contribution in [2.24, 2.45) is 0 Å². The van der Waals surface area contributed by atoms with Crippen LogP contribution in [0.25, 0.3) is 0 Å². The van der Waals surface area contributed by atoms with Gasteiger partial charge in [-0.1, -0.05) is 18.2 Å². The predicted molar refractivity (Wildman–Crippen MR) is 69.3 cm³/mol. The molecule has 1 aromatic carbocycles. The van der Waals surface area contributed by atoms with Crippen LogP contribution in [0.4, 0.5) is 0 Å². The third kappa shape index (κ3) is 4.17. The van der Waals surface area contributed by atoms with Crippen LogP contribution in [0, 0.1) is 0 Å². The highest BCUT2D eigenvalue weighted by atomic mass is 32.2. The van der Waals surface area contributed by atoms with Crippen LogP contribution >= 0.6 is 0 Å². The number of ether oxygens (including phenoxy) is 2. The molecule has 0 bridgehead atoms. The molecule has 0 saturated heterocycles. The Morgan fingerprint density at radius 2 is 2.11 bits per heavy atom. The minimum Gasteiger partial charge on any atom is -0.463 e. The maximum Gasteiger partial charge on any atom is 0.333 e. The van der Waals surface area contributed by atoms with Crippen molar-refractivity contribution in [3.05, 3.63) is 29.8 Å². The lowest BCUT2D eigenvalue weighted by atomic mass is 10.1. The van der Waals surface area contributed by atoms with Gasteiger partial charge in [-0.15, -0.1) is 0 Å². The summed E-state index contributed by atoms with van der Waals surface area (Å²) in [6, 6.07) is 7.50. The van der Waals surface area contributed by atoms with Crippen LogP contribution in [0.2, 0.25) is 0 Å². The molecule has 0 spiro atoms. The van der Waals surface area contributed by atoms with E-state index in [1.54, 1.807) is 13.8 Å². The van der Waals surface area contributed by atoms with E-state index in [0.29, 0.717) is 6.42 Å². The van der Waals surface area contributed by atoms with Crippen molar-refractivity contribution in [1.82, 2.24) is 4.72 Å². The summed E-state index contributed by atoms with van der Waals surface area (Å²) in [4.78, 5) is 0. The molecule has 2 rings (SSSR count). The molecule has 2 N–H and O–H groups in total. The minimum absolute atomic E-state index is 0.0139. The molecule has 1 aliphatic rings. The first-order valence-corrected chi connectivity index (χ1v) is 7.36. The van der Waals surface area contributed by atoms with E-state index in [9.17, 15) is 8.42 Å². The van der Waals surface area contributed by atoms with Crippen molar-refractivity contribution in [1.29, 1.82) is 0 Å². The highest BCUT2D eigenvalue weighted by Gasteiger charge is 2.31. The van der Waals surface area contributed by atoms with Gasteiger partial charge >= 0.3 is 10.3 Å². The van der Waals surface area contributed by atoms with E-state index in [0.717, 1.165) is 11.3 Å². The minimum atomic E-state index is -4.22. The van der Waals surface area contributed by atoms with E-state index < -0.39 is 22.2 Å². The van der Waals surface area contributed by atoms with Crippen molar-refractivity contribution in [2.45, 2.75) is 32.2 Å². The Hall–Kier alpha value is -1.15. The summed E-state index contributed by atoms with van der Waals surface area (Å²) in [5, 5.41) is 0. The van der Waals surface area contributed by atoms with Crippen molar-refractivity contribution in [3.63, 3.8) is 0 Å². The maximum atomic E-state index is 10.7. The van der Waals surface area contributed by atoms with E-state index >= 15 is 0 Å². The number of rotatable bonds is 3. The van der Waals surface area contributed by atoms with Crippen LogP contribution < -0.4 is 9.46 Å². The second-order valence-corrected chi connectivity index (χ2v) is 6.12. The SMILES string of the molecule is CC1(C)Oc2ccccc2CC(CNS(=O)(=O)O)O1. The highest BCUT2D eigenvalue weighted by Crippen LogP contribution is 2.30. The van der Waals surface area contributed by atoms with Gasteiger partial charge in [-0.3, -0.25) is 4.55 Å². The van der Waals surface area contributed by atoms with Crippen LogP contribution in [-0.2, 0) is 21.5 Å². The molecule has 0 aromatic heterocycles. The van der Waals surface area contributed by atoms with Crippen molar-refractivity contribution in [2.75, 3.05) is 6.54 Å². The summed E-state index contributed by atoms with van der Waals surface area (Å²) in [6.07, 6.45) is 0.0860. The third-order valence-corrected chi connectivity index (χ3v) is 3.25. The summed E-state index contributed by atoms with van der Waals surface area (Å²) >= 11 is 0. The molecule has 0 aliphatic carbocycles. The summed E-state index contributed by atoms with van der Waals surface area (Å²) in [5.74, 6) is -0.139. The van der Waals surface area contributed by atoms with Crippen LogP contribution in [0.1, 0.15) is 19.4 Å². The second kappa shape index (κ2) is 5.09. The summed E-state index contributed by atoms with van der Waals surface area (Å²) in [5.41, 5.74) is 0.940. The fourth-order valence-electron chi connectivity index (χ4n) is 2.06. The summed E-state index contributed by atoms with van der Waals surface area (Å²) in [6.45, 7) is 3.51. The fourth-order valence-corrected chi connectivity index (χ4v) is 2.46. The van der Waals surface area contributed by atoms with Crippen LogP contribution in [0.15, 0.2) is 24.3 Å². The average Bonchev–Trinajstić information content (AvgIpc) is 2.39. The molecule has 7 heteroatoms. The molecule has 1 aliphatic heterocycles. The number of nitrogens with one attached hydrogen (secondary N) is 1. The van der Waals surface area contributed by atoms with Gasteiger partial charge < -0.3 is 9.47 Å². The summed E-state index contributed by atoms with van der Waals surface area (Å²) in [7, 11) is -4.22. The van der Waals surface area contributed by atoms with Gasteiger partial charge in [0.05, 0.1) is 6.10 Å². The Labute approximate surface area is 112 Å². The Morgan fingerprint density at radius 1 is 1.42 bits per heavy atom. The number of para-hydroxylation sites is 1. The molecule has 0 radical (unpaired) electrons. The van der Waals surface area contributed by atoms with Gasteiger partial charge in [0.15, 0.2) is 0 Å². The Morgan fingerprint density at radius 3 is 2.79 bits per heavy atom. The lowest BCUT2D eigenvalue weighted by Crippen LogP contribution is -2.41. The predicted octanol–water partition coefficient (Wildman–Crippen LogP) is 1.14. The van der Waals surface area contributed by atoms with Crippen LogP contribution in [-0.4, -0.2) is 31.4 Å². The molecule has 19 heavy (non-hydrogen) atoms. The van der Waals surface area contributed by atoms with Gasteiger partial charge in [0, 0.05) is 26.8 Å². The second-order valence-electron chi connectivity index (χ2n) is 4.88. The molecule has 0 saturated carbocycles. The van der Waals surface area contributed by atoms with E-state index in [2.05, 4.69) is 0 Å². The normalized spacial score (nSPS) is 22.2. The molecular weight excluding hydrogens is 270 g/mol. The topological polar surface area (TPSA) is 84.9 Å². The first-order valence-electron chi connectivity index (χ1n) is 5.92. The number of hydrogen-bond donors (Lipinski definition) is 2. The zero-order chi connectivity index (χ0) is 14.1. The quantitative estimate of drug-likeness (QED) is 0.814. The van der Waals surface area contributed by atoms with Crippen LogP contribution in [0.5, 0.6) is 5.75 Å². The van der Waals surface area contributed by atoms with Gasteiger partial charge in [0.2, 0.25) is 5.79 Å². The monoisotopic (exact) mass is 287 g/mol. The largest absolute Gasteiger partial charge is 0.463 e. The maximum absolute atomic E-state index is 10.7. The smallest absolute Gasteiger partial charge is 0.333 e. The first kappa shape index (κ1) is 14.3. The molecule has 1 aromatic rings. The van der Waals surface area contributed by atoms with E-state index in [-0.39, 0.29) is 6.54 Å². The van der Waals surface area contributed by atoms with Gasteiger partial charge in [0.1, 0.15) is 5.75 Å². The van der Waals surface area contributed by atoms with Gasteiger partial charge in [0.25, 0.3) is 0 Å². The Balaban J connectivity index is 2.18. The Kier molecular flexibility index (Phi) is 3.82. The van der Waals surface area contributed by atoms with E-state index in [4.69, 9.17) is 14.0 Å². The van der Waals surface area contributed by atoms with Crippen molar-refractivity contribution >= 4 is 10.3 Å². The molecular formula is C12H17NO5S. The molecule has 1 unspecified atom stereocenters. The lowest BCUT2D eigenvalue weighted by molar-refractivity contribution is -0.178. The average molecular weight is 287 g/mol. The van der Waals surface area contributed by atoms with Gasteiger partial charge in [-0.2, -0.15) is 13.1 Å². The molecule has 0 amide bonds. The number of hydrogen-bond acceptors (Lipinski definition) is 4. The van der Waals surface area contributed by atoms with Crippen molar-refractivity contribution in [3.8, 4) is 5.75 Å². The number of fused-ring (bicyclic) bond motifs is 1. The van der Waals surface area contributed by atoms with Crippen LogP contribution in [0.3, 0.4) is 0 Å². The first-order chi connectivity index (χ1) is 8.75. The fraction of sp³-hybridized carbons (Fsp3) is 0.500. The standard InChI is InChI=1S/C12H17NO5S/c1-12(2)17-10(8-13-19(14,15)16)7-9-5-3-4-6-11(9)18-12/h3-6,10,13H,7-8H2,1-2H3,(H,14,15,16). The third-order valence-electron chi connectivity index (χ3n) is 2.72. The van der Waals surface area contributed by atoms with Crippen molar-refractivity contribution < 1.29 is 22.4 Å². The zero-order valence-electron chi connectivity index (χ0n) is 10.8. The molecule has 1 atom stereocenters. The van der Waals surface area contributed by atoms with Gasteiger partial charge in [-0.25, -0.2) is 0 Å². The Bertz CT molecular complexity index is 555. The summed E-state index contributed by atoms with van der Waals surface area (Å²) < 4.78 is 43.7.